The number of rotatable bonds is 7. The second-order valence-electron chi connectivity index (χ2n) is 8.36. The van der Waals surface area contributed by atoms with Gasteiger partial charge in [-0.1, -0.05) is 86.3 Å². The molecule has 0 aliphatic rings. The first kappa shape index (κ1) is 23.1. The molecule has 5 aromatic rings. The summed E-state index contributed by atoms with van der Waals surface area (Å²) >= 11 is 0. The van der Waals surface area contributed by atoms with E-state index >= 15 is 0 Å². The van der Waals surface area contributed by atoms with E-state index in [1.807, 2.05) is 83.7 Å². The Labute approximate surface area is 210 Å². The maximum absolute atomic E-state index is 12.1. The van der Waals surface area contributed by atoms with E-state index in [4.69, 9.17) is 4.74 Å². The van der Waals surface area contributed by atoms with Crippen LogP contribution in [0.15, 0.2) is 122 Å². The molecule has 176 valence electrons. The summed E-state index contributed by atoms with van der Waals surface area (Å²) in [5.41, 5.74) is 7.21. The molecule has 1 aromatic heterocycles. The number of nitrogens with zero attached hydrogens (tertiary/aromatic N) is 2. The summed E-state index contributed by atoms with van der Waals surface area (Å²) in [6, 6.07) is 34.4. The van der Waals surface area contributed by atoms with Crippen LogP contribution in [0.4, 0.5) is 0 Å². The highest BCUT2D eigenvalue weighted by Gasteiger charge is 2.19. The molecular formula is C32H26N2O2. The van der Waals surface area contributed by atoms with Crippen molar-refractivity contribution in [3.8, 4) is 11.4 Å². The number of carbonyl (C=O) groups excluding carboxylic acids is 1. The van der Waals surface area contributed by atoms with E-state index in [9.17, 15) is 4.79 Å². The van der Waals surface area contributed by atoms with Gasteiger partial charge in [0.05, 0.1) is 17.4 Å². The van der Waals surface area contributed by atoms with Crippen LogP contribution in [0.3, 0.4) is 0 Å². The number of fused-ring (bicyclic) bond motifs is 1. The number of carbonyl (C=O) groups is 1. The van der Waals surface area contributed by atoms with Gasteiger partial charge in [0.1, 0.15) is 5.75 Å². The van der Waals surface area contributed by atoms with Crippen LogP contribution in [0.2, 0.25) is 0 Å². The Morgan fingerprint density at radius 1 is 0.889 bits per heavy atom. The van der Waals surface area contributed by atoms with Gasteiger partial charge in [-0.05, 0) is 59.0 Å². The minimum absolute atomic E-state index is 0.487. The lowest BCUT2D eigenvalue weighted by Crippen LogP contribution is -2.06. The van der Waals surface area contributed by atoms with Crippen molar-refractivity contribution in [3.05, 3.63) is 139 Å². The van der Waals surface area contributed by atoms with Crippen LogP contribution in [0.1, 0.15) is 30.0 Å². The molecular weight excluding hydrogens is 444 g/mol. The van der Waals surface area contributed by atoms with E-state index in [2.05, 4.69) is 48.9 Å². The van der Waals surface area contributed by atoms with Crippen LogP contribution in [0.25, 0.3) is 27.7 Å². The zero-order chi connectivity index (χ0) is 24.9. The van der Waals surface area contributed by atoms with Gasteiger partial charge in [-0.3, -0.25) is 0 Å². The second kappa shape index (κ2) is 10.3. The van der Waals surface area contributed by atoms with Gasteiger partial charge in [0, 0.05) is 17.0 Å². The standard InChI is InChI=1S/C32H26N2O2/c1-3-27(23-13-7-5-8-14-23)32(28-17-11-12-18-30(28)36-31(35)4-2)24-19-20-29-25(21-24)22-33-34(29)26-15-9-6-10-16-26/h4-22H,2-3H2,1H3/b32-27+. The fraction of sp³-hybridized carbons (Fsp3) is 0.0625. The van der Waals surface area contributed by atoms with Gasteiger partial charge < -0.3 is 4.74 Å². The average Bonchev–Trinajstić information content (AvgIpc) is 3.36. The molecule has 0 saturated carbocycles. The maximum atomic E-state index is 12.1. The third-order valence-corrected chi connectivity index (χ3v) is 6.17. The summed E-state index contributed by atoms with van der Waals surface area (Å²) in [5, 5.41) is 5.68. The summed E-state index contributed by atoms with van der Waals surface area (Å²) in [5.74, 6) is 0.0125. The minimum atomic E-state index is -0.487. The molecule has 4 nitrogen and oxygen atoms in total. The predicted molar refractivity (Wildman–Crippen MR) is 146 cm³/mol. The van der Waals surface area contributed by atoms with Gasteiger partial charge in [-0.25, -0.2) is 9.48 Å². The van der Waals surface area contributed by atoms with Gasteiger partial charge in [-0.15, -0.1) is 0 Å². The smallest absolute Gasteiger partial charge is 0.335 e. The normalized spacial score (nSPS) is 11.7. The summed E-state index contributed by atoms with van der Waals surface area (Å²) in [6.45, 7) is 5.70. The van der Waals surface area contributed by atoms with E-state index in [0.29, 0.717) is 5.75 Å². The number of esters is 1. The van der Waals surface area contributed by atoms with Crippen molar-refractivity contribution < 1.29 is 9.53 Å². The molecule has 0 aliphatic carbocycles. The topological polar surface area (TPSA) is 44.1 Å². The fourth-order valence-electron chi connectivity index (χ4n) is 4.53. The van der Waals surface area contributed by atoms with Crippen LogP contribution >= 0.6 is 0 Å². The van der Waals surface area contributed by atoms with Crippen LogP contribution < -0.4 is 4.74 Å². The predicted octanol–water partition coefficient (Wildman–Crippen LogP) is 7.49. The lowest BCUT2D eigenvalue weighted by atomic mass is 9.87. The molecule has 5 rings (SSSR count). The quantitative estimate of drug-likeness (QED) is 0.107. The molecule has 1 heterocycles. The number of hydrogen-bond donors (Lipinski definition) is 0. The molecule has 0 bridgehead atoms. The Hall–Kier alpha value is -4.70. The fourth-order valence-corrected chi connectivity index (χ4v) is 4.53. The highest BCUT2D eigenvalue weighted by atomic mass is 16.5. The van der Waals surface area contributed by atoms with Crippen molar-refractivity contribution in [3.63, 3.8) is 0 Å². The number of ether oxygens (including phenoxy) is 1. The average molecular weight is 471 g/mol. The zero-order valence-corrected chi connectivity index (χ0v) is 20.1. The molecule has 4 aromatic carbocycles. The Morgan fingerprint density at radius 2 is 1.58 bits per heavy atom. The van der Waals surface area contributed by atoms with E-state index in [0.717, 1.165) is 50.8 Å². The van der Waals surface area contributed by atoms with Crippen molar-refractivity contribution in [2.45, 2.75) is 13.3 Å². The first-order valence-corrected chi connectivity index (χ1v) is 12.0. The third-order valence-electron chi connectivity index (χ3n) is 6.17. The summed E-state index contributed by atoms with van der Waals surface area (Å²) < 4.78 is 7.61. The van der Waals surface area contributed by atoms with Crippen molar-refractivity contribution >= 4 is 28.0 Å². The van der Waals surface area contributed by atoms with Gasteiger partial charge in [0.2, 0.25) is 0 Å². The second-order valence-corrected chi connectivity index (χ2v) is 8.36. The molecule has 0 atom stereocenters. The van der Waals surface area contributed by atoms with Crippen LogP contribution in [0, 0.1) is 0 Å². The molecule has 0 aliphatic heterocycles. The number of allylic oxidation sites excluding steroid dienone is 1. The molecule has 0 N–H and O–H groups in total. The Bertz CT molecular complexity index is 1560. The summed E-state index contributed by atoms with van der Waals surface area (Å²) in [4.78, 5) is 12.1. The lowest BCUT2D eigenvalue weighted by molar-refractivity contribution is -0.128. The minimum Gasteiger partial charge on any atom is -0.423 e. The first-order valence-electron chi connectivity index (χ1n) is 12.0. The van der Waals surface area contributed by atoms with Gasteiger partial charge >= 0.3 is 5.97 Å². The number of benzene rings is 4. The Balaban J connectivity index is 1.74. The largest absolute Gasteiger partial charge is 0.423 e. The summed E-state index contributed by atoms with van der Waals surface area (Å²) in [7, 11) is 0. The van der Waals surface area contributed by atoms with E-state index in [1.165, 1.54) is 6.08 Å². The van der Waals surface area contributed by atoms with Crippen LogP contribution in [0.5, 0.6) is 5.75 Å². The molecule has 36 heavy (non-hydrogen) atoms. The zero-order valence-electron chi connectivity index (χ0n) is 20.1. The molecule has 0 fully saturated rings. The Morgan fingerprint density at radius 3 is 2.31 bits per heavy atom. The molecule has 0 spiro atoms. The van der Waals surface area contributed by atoms with Crippen LogP contribution in [-0.4, -0.2) is 15.7 Å². The highest BCUT2D eigenvalue weighted by Crippen LogP contribution is 2.39. The van der Waals surface area contributed by atoms with Gasteiger partial charge in [-0.2, -0.15) is 5.10 Å². The summed E-state index contributed by atoms with van der Waals surface area (Å²) in [6.07, 6.45) is 3.87. The Kier molecular flexibility index (Phi) is 6.59. The maximum Gasteiger partial charge on any atom is 0.335 e. The van der Waals surface area contributed by atoms with E-state index in [-0.39, 0.29) is 0 Å². The van der Waals surface area contributed by atoms with Crippen molar-refractivity contribution in [1.82, 2.24) is 9.78 Å². The van der Waals surface area contributed by atoms with Gasteiger partial charge in [0.15, 0.2) is 0 Å². The van der Waals surface area contributed by atoms with Crippen molar-refractivity contribution in [2.24, 2.45) is 0 Å². The molecule has 0 radical (unpaired) electrons. The molecule has 0 amide bonds. The number of aromatic nitrogens is 2. The third kappa shape index (κ3) is 4.49. The molecule has 0 saturated heterocycles. The number of para-hydroxylation sites is 2. The highest BCUT2D eigenvalue weighted by molar-refractivity contribution is 6.02. The van der Waals surface area contributed by atoms with Gasteiger partial charge in [0.25, 0.3) is 0 Å². The lowest BCUT2D eigenvalue weighted by Gasteiger charge is -2.19. The first-order chi connectivity index (χ1) is 17.7. The SMILES string of the molecule is C=CC(=O)Oc1ccccc1/C(=C(\CC)c1ccccc1)c1ccc2c(cnn2-c2ccccc2)c1. The monoisotopic (exact) mass is 470 g/mol. The molecule has 4 heteroatoms. The van der Waals surface area contributed by atoms with Crippen LogP contribution in [-0.2, 0) is 4.79 Å². The van der Waals surface area contributed by atoms with Crippen molar-refractivity contribution in [2.75, 3.05) is 0 Å². The van der Waals surface area contributed by atoms with Crippen molar-refractivity contribution in [1.29, 1.82) is 0 Å². The van der Waals surface area contributed by atoms with E-state index in [1.54, 1.807) is 0 Å². The number of hydrogen-bond acceptors (Lipinski definition) is 3. The van der Waals surface area contributed by atoms with E-state index < -0.39 is 5.97 Å². The molecule has 0 unspecified atom stereocenters.